The molecule has 5 nitrogen and oxygen atoms in total. The first-order chi connectivity index (χ1) is 11.1. The van der Waals surface area contributed by atoms with Gasteiger partial charge in [0, 0.05) is 12.6 Å². The topological polar surface area (TPSA) is 59.0 Å². The van der Waals surface area contributed by atoms with E-state index >= 15 is 0 Å². The van der Waals surface area contributed by atoms with Crippen LogP contribution in [0.2, 0.25) is 0 Å². The Labute approximate surface area is 138 Å². The van der Waals surface area contributed by atoms with Crippen LogP contribution in [0, 0.1) is 12.3 Å². The molecule has 0 spiro atoms. The van der Waals surface area contributed by atoms with Crippen molar-refractivity contribution < 1.29 is 19.4 Å². The molecule has 1 aromatic carbocycles. The largest absolute Gasteiger partial charge is 0.497 e. The number of hydrogen-bond acceptors (Lipinski definition) is 4. The van der Waals surface area contributed by atoms with Crippen LogP contribution in [0.15, 0.2) is 24.3 Å². The van der Waals surface area contributed by atoms with Crippen LogP contribution in [0.1, 0.15) is 30.9 Å². The molecule has 1 rings (SSSR count). The lowest BCUT2D eigenvalue weighted by atomic mass is 9.99. The first-order valence-electron chi connectivity index (χ1n) is 7.65. The van der Waals surface area contributed by atoms with Crippen molar-refractivity contribution >= 4 is 5.97 Å². The molecule has 0 heterocycles. The van der Waals surface area contributed by atoms with Gasteiger partial charge in [-0.05, 0) is 44.0 Å². The third kappa shape index (κ3) is 7.18. The molecule has 0 fully saturated rings. The normalized spacial score (nSPS) is 11.9. The highest BCUT2D eigenvalue weighted by molar-refractivity contribution is 5.67. The van der Waals surface area contributed by atoms with Gasteiger partial charge in [-0.15, -0.1) is 6.42 Å². The van der Waals surface area contributed by atoms with Crippen molar-refractivity contribution in [2.45, 2.75) is 25.3 Å². The maximum absolute atomic E-state index is 10.4. The molecule has 0 radical (unpaired) electrons. The summed E-state index contributed by atoms with van der Waals surface area (Å²) in [5.74, 6) is 2.57. The number of methoxy groups -OCH3 is 1. The predicted molar refractivity (Wildman–Crippen MR) is 89.5 cm³/mol. The number of carbonyl (C=O) groups is 1. The minimum atomic E-state index is -0.935. The average Bonchev–Trinajstić information content (AvgIpc) is 2.54. The number of terminal acetylenes is 1. The smallest absolute Gasteiger partial charge is 0.329 e. The maximum Gasteiger partial charge on any atom is 0.329 e. The lowest BCUT2D eigenvalue weighted by Gasteiger charge is -2.27. The van der Waals surface area contributed by atoms with Crippen LogP contribution >= 0.6 is 0 Å². The Hall–Kier alpha value is -2.03. The average molecular weight is 319 g/mol. The highest BCUT2D eigenvalue weighted by Crippen LogP contribution is 2.26. The van der Waals surface area contributed by atoms with Gasteiger partial charge in [0.05, 0.1) is 13.7 Å². The number of unbranched alkanes of at least 4 members (excludes halogenated alkanes) is 1. The summed E-state index contributed by atoms with van der Waals surface area (Å²) in [6, 6.07) is 8.22. The molecule has 23 heavy (non-hydrogen) atoms. The van der Waals surface area contributed by atoms with E-state index in [1.165, 1.54) is 5.56 Å². The van der Waals surface area contributed by atoms with E-state index in [0.29, 0.717) is 13.2 Å². The van der Waals surface area contributed by atoms with Crippen LogP contribution < -0.4 is 4.74 Å². The number of carboxylic acid groups (broad SMARTS) is 1. The zero-order valence-electron chi connectivity index (χ0n) is 13.8. The fourth-order valence-electron chi connectivity index (χ4n) is 2.42. The maximum atomic E-state index is 10.4. The van der Waals surface area contributed by atoms with E-state index < -0.39 is 5.97 Å². The summed E-state index contributed by atoms with van der Waals surface area (Å²) in [5.41, 5.74) is 1.19. The van der Waals surface area contributed by atoms with Crippen molar-refractivity contribution in [2.24, 2.45) is 0 Å². The Balaban J connectivity index is 2.55. The van der Waals surface area contributed by atoms with Gasteiger partial charge in [0.15, 0.2) is 0 Å². The fraction of sp³-hybridized carbons (Fsp3) is 0.500. The standard InChI is InChI=1S/C18H25NO4/c1-4-12-19(2)17(7-5-6-13-23-14-18(20)21)15-8-10-16(22-3)11-9-15/h1,8-11,17H,5-7,12-14H2,2-3H3,(H,20,21). The number of nitrogens with zero attached hydrogens (tertiary/aromatic N) is 1. The van der Waals surface area contributed by atoms with Crippen LogP contribution in [0.3, 0.4) is 0 Å². The summed E-state index contributed by atoms with van der Waals surface area (Å²) in [6.07, 6.45) is 8.12. The van der Waals surface area contributed by atoms with Crippen molar-refractivity contribution in [3.8, 4) is 18.1 Å². The van der Waals surface area contributed by atoms with E-state index in [1.807, 2.05) is 19.2 Å². The third-order valence-corrected chi connectivity index (χ3v) is 3.62. The van der Waals surface area contributed by atoms with Crippen molar-refractivity contribution in [1.82, 2.24) is 4.90 Å². The van der Waals surface area contributed by atoms with Gasteiger partial charge < -0.3 is 14.6 Å². The number of carboxylic acids is 1. The zero-order valence-corrected chi connectivity index (χ0v) is 13.8. The van der Waals surface area contributed by atoms with Crippen molar-refractivity contribution in [3.05, 3.63) is 29.8 Å². The molecular formula is C18H25NO4. The van der Waals surface area contributed by atoms with Gasteiger partial charge in [-0.3, -0.25) is 4.90 Å². The summed E-state index contributed by atoms with van der Waals surface area (Å²) < 4.78 is 10.3. The second-order valence-electron chi connectivity index (χ2n) is 5.35. The van der Waals surface area contributed by atoms with E-state index in [4.69, 9.17) is 21.0 Å². The second kappa shape index (κ2) is 10.7. The molecule has 126 valence electrons. The van der Waals surface area contributed by atoms with E-state index in [1.54, 1.807) is 7.11 Å². The molecule has 1 unspecified atom stereocenters. The second-order valence-corrected chi connectivity index (χ2v) is 5.35. The molecule has 5 heteroatoms. The van der Waals surface area contributed by atoms with Crippen LogP contribution in [-0.2, 0) is 9.53 Å². The number of ether oxygens (including phenoxy) is 2. The molecule has 0 saturated carbocycles. The summed E-state index contributed by atoms with van der Waals surface area (Å²) in [6.45, 7) is 0.797. The molecule has 0 aliphatic heterocycles. The number of aliphatic carboxylic acids is 1. The molecule has 0 bridgehead atoms. The van der Waals surface area contributed by atoms with Gasteiger partial charge in [-0.2, -0.15) is 0 Å². The fourth-order valence-corrected chi connectivity index (χ4v) is 2.42. The highest BCUT2D eigenvalue weighted by Gasteiger charge is 2.16. The van der Waals surface area contributed by atoms with Crippen LogP contribution in [0.5, 0.6) is 5.75 Å². The minimum absolute atomic E-state index is 0.219. The molecule has 0 aliphatic rings. The van der Waals surface area contributed by atoms with Crippen molar-refractivity contribution in [1.29, 1.82) is 0 Å². The first kappa shape index (κ1) is 19.0. The number of rotatable bonds is 11. The molecule has 1 aromatic rings. The lowest BCUT2D eigenvalue weighted by Crippen LogP contribution is -2.25. The SMILES string of the molecule is C#CCN(C)C(CCCCOCC(=O)O)c1ccc(OC)cc1. The number of benzene rings is 1. The first-order valence-corrected chi connectivity index (χ1v) is 7.65. The van der Waals surface area contributed by atoms with E-state index in [-0.39, 0.29) is 12.6 Å². The van der Waals surface area contributed by atoms with Gasteiger partial charge in [-0.25, -0.2) is 4.79 Å². The van der Waals surface area contributed by atoms with Gasteiger partial charge in [-0.1, -0.05) is 18.1 Å². The predicted octanol–water partition coefficient (Wildman–Crippen LogP) is 2.57. The molecule has 0 saturated heterocycles. The summed E-state index contributed by atoms with van der Waals surface area (Å²) in [7, 11) is 3.66. The minimum Gasteiger partial charge on any atom is -0.497 e. The molecule has 0 aliphatic carbocycles. The summed E-state index contributed by atoms with van der Waals surface area (Å²) >= 11 is 0. The van der Waals surface area contributed by atoms with Crippen molar-refractivity contribution in [3.63, 3.8) is 0 Å². The quantitative estimate of drug-likeness (QED) is 0.502. The Morgan fingerprint density at radius 2 is 2.04 bits per heavy atom. The van der Waals surface area contributed by atoms with Gasteiger partial charge in [0.1, 0.15) is 12.4 Å². The Kier molecular flexibility index (Phi) is 8.81. The zero-order chi connectivity index (χ0) is 17.1. The molecule has 0 aromatic heterocycles. The summed E-state index contributed by atoms with van der Waals surface area (Å²) in [5, 5.41) is 8.52. The summed E-state index contributed by atoms with van der Waals surface area (Å²) in [4.78, 5) is 12.5. The Morgan fingerprint density at radius 1 is 1.35 bits per heavy atom. The van der Waals surface area contributed by atoms with Gasteiger partial charge >= 0.3 is 5.97 Å². The monoisotopic (exact) mass is 319 g/mol. The third-order valence-electron chi connectivity index (χ3n) is 3.62. The van der Waals surface area contributed by atoms with Gasteiger partial charge in [0.2, 0.25) is 0 Å². The van der Waals surface area contributed by atoms with Crippen LogP contribution in [-0.4, -0.2) is 49.9 Å². The van der Waals surface area contributed by atoms with E-state index in [0.717, 1.165) is 25.0 Å². The Morgan fingerprint density at radius 3 is 2.61 bits per heavy atom. The van der Waals surface area contributed by atoms with Crippen LogP contribution in [0.4, 0.5) is 0 Å². The van der Waals surface area contributed by atoms with E-state index in [2.05, 4.69) is 23.0 Å². The van der Waals surface area contributed by atoms with Crippen molar-refractivity contribution in [2.75, 3.05) is 33.9 Å². The molecule has 0 amide bonds. The van der Waals surface area contributed by atoms with Crippen LogP contribution in [0.25, 0.3) is 0 Å². The van der Waals surface area contributed by atoms with Gasteiger partial charge in [0.25, 0.3) is 0 Å². The van der Waals surface area contributed by atoms with E-state index in [9.17, 15) is 4.79 Å². The molecule has 1 atom stereocenters. The number of hydrogen-bond donors (Lipinski definition) is 1. The Bertz CT molecular complexity index is 507. The highest BCUT2D eigenvalue weighted by atomic mass is 16.5. The molecular weight excluding hydrogens is 294 g/mol. The molecule has 1 N–H and O–H groups in total. The lowest BCUT2D eigenvalue weighted by molar-refractivity contribution is -0.142.